The van der Waals surface area contributed by atoms with Crippen molar-refractivity contribution in [3.05, 3.63) is 52.4 Å². The summed E-state index contributed by atoms with van der Waals surface area (Å²) in [5.41, 5.74) is -0.0198. The number of halogens is 3. The Balaban J connectivity index is 2.02. The van der Waals surface area contributed by atoms with E-state index in [0.717, 1.165) is 4.68 Å². The minimum absolute atomic E-state index is 0.0121. The first kappa shape index (κ1) is 19.4. The predicted octanol–water partition coefficient (Wildman–Crippen LogP) is 2.08. The van der Waals surface area contributed by atoms with Crippen LogP contribution in [-0.4, -0.2) is 42.2 Å². The predicted molar refractivity (Wildman–Crippen MR) is 86.3 cm³/mol. The lowest BCUT2D eigenvalue weighted by atomic mass is 10.3. The lowest BCUT2D eigenvalue weighted by Crippen LogP contribution is -2.27. The van der Waals surface area contributed by atoms with E-state index < -0.39 is 18.7 Å². The molecule has 0 radical (unpaired) electrons. The third kappa shape index (κ3) is 5.88. The second-order valence-electron chi connectivity index (χ2n) is 5.16. The van der Waals surface area contributed by atoms with Gasteiger partial charge in [-0.3, -0.25) is 9.59 Å². The Morgan fingerprint density at radius 1 is 1.19 bits per heavy atom. The number of hydrogen-bond donors (Lipinski definition) is 1. The second kappa shape index (κ2) is 8.48. The van der Waals surface area contributed by atoms with Gasteiger partial charge in [-0.2, -0.15) is 18.3 Å². The zero-order valence-electron chi connectivity index (χ0n) is 13.7. The molecule has 1 heterocycles. The van der Waals surface area contributed by atoms with Crippen LogP contribution in [0, 0.1) is 0 Å². The highest BCUT2D eigenvalue weighted by atomic mass is 19.4. The molecule has 140 valence electrons. The summed E-state index contributed by atoms with van der Waals surface area (Å²) < 4.78 is 46.8. The minimum Gasteiger partial charge on any atom is -0.484 e. The van der Waals surface area contributed by atoms with Gasteiger partial charge in [0.15, 0.2) is 6.61 Å². The van der Waals surface area contributed by atoms with Crippen LogP contribution in [0.5, 0.6) is 5.75 Å². The van der Waals surface area contributed by atoms with Crippen LogP contribution in [0.2, 0.25) is 0 Å². The van der Waals surface area contributed by atoms with Crippen LogP contribution >= 0.6 is 0 Å². The molecule has 0 aliphatic rings. The Kier molecular flexibility index (Phi) is 6.34. The van der Waals surface area contributed by atoms with Crippen molar-refractivity contribution in [3.8, 4) is 5.75 Å². The molecule has 0 saturated heterocycles. The van der Waals surface area contributed by atoms with Gasteiger partial charge in [-0.05, 0) is 30.3 Å². The number of carbonyl (C=O) groups excluding carboxylic acids is 1. The molecule has 7 nitrogen and oxygen atoms in total. The van der Waals surface area contributed by atoms with E-state index >= 15 is 0 Å². The molecule has 1 N–H and O–H groups in total. The average Bonchev–Trinajstić information content (AvgIpc) is 2.59. The number of anilines is 1. The SMILES string of the molecule is COCCn1nc(C(=O)Nc2ccc(OCC(F)(F)F)cc2)ccc1=O. The number of carbonyl (C=O) groups is 1. The van der Waals surface area contributed by atoms with Crippen molar-refractivity contribution in [1.82, 2.24) is 9.78 Å². The van der Waals surface area contributed by atoms with Gasteiger partial charge < -0.3 is 14.8 Å². The van der Waals surface area contributed by atoms with Crippen LogP contribution < -0.4 is 15.6 Å². The van der Waals surface area contributed by atoms with E-state index in [9.17, 15) is 22.8 Å². The summed E-state index contributed by atoms with van der Waals surface area (Å²) in [6.45, 7) is -0.940. The van der Waals surface area contributed by atoms with Crippen LogP contribution in [0.1, 0.15) is 10.5 Å². The van der Waals surface area contributed by atoms with Crippen LogP contribution in [-0.2, 0) is 11.3 Å². The van der Waals surface area contributed by atoms with Crippen LogP contribution in [0.25, 0.3) is 0 Å². The largest absolute Gasteiger partial charge is 0.484 e. The van der Waals surface area contributed by atoms with Gasteiger partial charge in [-0.25, -0.2) is 4.68 Å². The van der Waals surface area contributed by atoms with E-state index in [4.69, 9.17) is 4.74 Å². The molecule has 0 atom stereocenters. The summed E-state index contributed by atoms with van der Waals surface area (Å²) in [5, 5.41) is 6.48. The topological polar surface area (TPSA) is 82.5 Å². The van der Waals surface area contributed by atoms with Crippen molar-refractivity contribution in [3.63, 3.8) is 0 Å². The van der Waals surface area contributed by atoms with Gasteiger partial charge in [0, 0.05) is 18.9 Å². The zero-order chi connectivity index (χ0) is 19.2. The number of methoxy groups -OCH3 is 1. The second-order valence-corrected chi connectivity index (χ2v) is 5.16. The molecule has 0 aliphatic heterocycles. The fourth-order valence-corrected chi connectivity index (χ4v) is 1.90. The maximum Gasteiger partial charge on any atom is 0.422 e. The van der Waals surface area contributed by atoms with Crippen LogP contribution in [0.15, 0.2) is 41.2 Å². The van der Waals surface area contributed by atoms with E-state index in [1.165, 1.54) is 43.5 Å². The maximum absolute atomic E-state index is 12.2. The number of rotatable bonds is 7. The van der Waals surface area contributed by atoms with Gasteiger partial charge in [0.05, 0.1) is 13.2 Å². The van der Waals surface area contributed by atoms with E-state index in [0.29, 0.717) is 5.69 Å². The fourth-order valence-electron chi connectivity index (χ4n) is 1.90. The first-order chi connectivity index (χ1) is 12.3. The van der Waals surface area contributed by atoms with Gasteiger partial charge in [-0.1, -0.05) is 0 Å². The Labute approximate surface area is 146 Å². The summed E-state index contributed by atoms with van der Waals surface area (Å²) >= 11 is 0. The molecule has 0 aliphatic carbocycles. The zero-order valence-corrected chi connectivity index (χ0v) is 13.7. The first-order valence-corrected chi connectivity index (χ1v) is 7.46. The van der Waals surface area contributed by atoms with E-state index in [-0.39, 0.29) is 30.2 Å². The highest BCUT2D eigenvalue weighted by molar-refractivity contribution is 6.02. The quantitative estimate of drug-likeness (QED) is 0.806. The summed E-state index contributed by atoms with van der Waals surface area (Å²) in [6.07, 6.45) is -4.43. The Hall–Kier alpha value is -2.88. The summed E-state index contributed by atoms with van der Waals surface area (Å²) in [5.74, 6) is -0.549. The Morgan fingerprint density at radius 2 is 1.88 bits per heavy atom. The third-order valence-corrected chi connectivity index (χ3v) is 3.12. The van der Waals surface area contributed by atoms with Crippen molar-refractivity contribution >= 4 is 11.6 Å². The molecule has 1 aromatic heterocycles. The van der Waals surface area contributed by atoms with Crippen molar-refractivity contribution in [2.24, 2.45) is 0 Å². The summed E-state index contributed by atoms with van der Waals surface area (Å²) in [4.78, 5) is 23.8. The number of nitrogens with one attached hydrogen (secondary N) is 1. The average molecular weight is 371 g/mol. The van der Waals surface area contributed by atoms with Gasteiger partial charge in [-0.15, -0.1) is 0 Å². The fraction of sp³-hybridized carbons (Fsp3) is 0.312. The number of amides is 1. The molecule has 0 saturated carbocycles. The standard InChI is InChI=1S/C16H16F3N3O4/c1-25-9-8-22-14(23)7-6-13(21-22)15(24)20-11-2-4-12(5-3-11)26-10-16(17,18)19/h2-7H,8-10H2,1H3,(H,20,24). The number of ether oxygens (including phenoxy) is 2. The van der Waals surface area contributed by atoms with Crippen LogP contribution in [0.4, 0.5) is 18.9 Å². The molecule has 2 rings (SSSR count). The van der Waals surface area contributed by atoms with Crippen molar-refractivity contribution in [1.29, 1.82) is 0 Å². The molecular weight excluding hydrogens is 355 g/mol. The van der Waals surface area contributed by atoms with Gasteiger partial charge >= 0.3 is 6.18 Å². The van der Waals surface area contributed by atoms with E-state index in [1.54, 1.807) is 0 Å². The number of benzene rings is 1. The van der Waals surface area contributed by atoms with Gasteiger partial charge in [0.1, 0.15) is 11.4 Å². The van der Waals surface area contributed by atoms with Crippen molar-refractivity contribution in [2.75, 3.05) is 25.6 Å². The molecule has 0 fully saturated rings. The molecule has 0 unspecified atom stereocenters. The Morgan fingerprint density at radius 3 is 2.50 bits per heavy atom. The van der Waals surface area contributed by atoms with Crippen molar-refractivity contribution < 1.29 is 27.4 Å². The normalized spacial score (nSPS) is 11.2. The number of aromatic nitrogens is 2. The van der Waals surface area contributed by atoms with Crippen LogP contribution in [0.3, 0.4) is 0 Å². The van der Waals surface area contributed by atoms with E-state index in [2.05, 4.69) is 15.2 Å². The first-order valence-electron chi connectivity index (χ1n) is 7.46. The number of nitrogens with zero attached hydrogens (tertiary/aromatic N) is 2. The number of hydrogen-bond acceptors (Lipinski definition) is 5. The lowest BCUT2D eigenvalue weighted by Gasteiger charge is -2.10. The third-order valence-electron chi connectivity index (χ3n) is 3.12. The molecule has 2 aromatic rings. The summed E-state index contributed by atoms with van der Waals surface area (Å²) in [7, 11) is 1.48. The van der Waals surface area contributed by atoms with Gasteiger partial charge in [0.2, 0.25) is 0 Å². The lowest BCUT2D eigenvalue weighted by molar-refractivity contribution is -0.153. The molecule has 0 bridgehead atoms. The smallest absolute Gasteiger partial charge is 0.422 e. The highest BCUT2D eigenvalue weighted by Crippen LogP contribution is 2.20. The molecule has 10 heteroatoms. The molecule has 1 aromatic carbocycles. The van der Waals surface area contributed by atoms with E-state index in [1.807, 2.05) is 0 Å². The molecular formula is C16H16F3N3O4. The molecule has 1 amide bonds. The molecule has 0 spiro atoms. The summed E-state index contributed by atoms with van der Waals surface area (Å²) in [6, 6.07) is 7.88. The monoisotopic (exact) mass is 371 g/mol. The molecule has 26 heavy (non-hydrogen) atoms. The highest BCUT2D eigenvalue weighted by Gasteiger charge is 2.28. The van der Waals surface area contributed by atoms with Gasteiger partial charge in [0.25, 0.3) is 11.5 Å². The maximum atomic E-state index is 12.2. The number of alkyl halides is 3. The Bertz CT molecular complexity index is 804. The minimum atomic E-state index is -4.43. The van der Waals surface area contributed by atoms with Crippen molar-refractivity contribution in [2.45, 2.75) is 12.7 Å².